The summed E-state index contributed by atoms with van der Waals surface area (Å²) >= 11 is 0. The molecule has 0 bridgehead atoms. The Morgan fingerprint density at radius 3 is 2.26 bits per heavy atom. The Morgan fingerprint density at radius 2 is 1.78 bits per heavy atom. The Hall–Kier alpha value is -1.55. The molecule has 1 aromatic rings. The van der Waals surface area contributed by atoms with Crippen LogP contribution < -0.4 is 5.14 Å². The van der Waals surface area contributed by atoms with Crippen LogP contribution in [-0.4, -0.2) is 68.7 Å². The number of benzene rings is 1. The molecule has 0 saturated carbocycles. The van der Waals surface area contributed by atoms with Crippen molar-refractivity contribution >= 4 is 16.1 Å². The molecule has 1 aliphatic rings. The van der Waals surface area contributed by atoms with E-state index in [1.54, 1.807) is 42.1 Å². The SMILES string of the molecule is CN(C)[C@H](C(=O)N1CCN(S(N)(=O)=O)CC1)c1ccccc1F. The molecule has 1 fully saturated rings. The first-order valence-corrected chi connectivity index (χ1v) is 8.69. The van der Waals surface area contributed by atoms with Gasteiger partial charge in [0.1, 0.15) is 11.9 Å². The highest BCUT2D eigenvalue weighted by Crippen LogP contribution is 2.24. The van der Waals surface area contributed by atoms with Gasteiger partial charge in [-0.1, -0.05) is 18.2 Å². The summed E-state index contributed by atoms with van der Waals surface area (Å²) in [5, 5.41) is 5.09. The van der Waals surface area contributed by atoms with Gasteiger partial charge in [0, 0.05) is 31.7 Å². The van der Waals surface area contributed by atoms with E-state index >= 15 is 0 Å². The van der Waals surface area contributed by atoms with Crippen molar-refractivity contribution in [3.63, 3.8) is 0 Å². The Bertz CT molecular complexity index is 672. The van der Waals surface area contributed by atoms with Crippen molar-refractivity contribution in [1.82, 2.24) is 14.1 Å². The highest BCUT2D eigenvalue weighted by molar-refractivity contribution is 7.86. The number of halogens is 1. The highest BCUT2D eigenvalue weighted by atomic mass is 32.2. The highest BCUT2D eigenvalue weighted by Gasteiger charge is 2.33. The summed E-state index contributed by atoms with van der Waals surface area (Å²) in [6.45, 7) is 0.742. The summed E-state index contributed by atoms with van der Waals surface area (Å²) < 4.78 is 37.8. The quantitative estimate of drug-likeness (QED) is 0.818. The van der Waals surface area contributed by atoms with Gasteiger partial charge in [-0.05, 0) is 20.2 Å². The van der Waals surface area contributed by atoms with E-state index in [4.69, 9.17) is 5.14 Å². The molecule has 1 aliphatic heterocycles. The van der Waals surface area contributed by atoms with E-state index in [1.165, 1.54) is 6.07 Å². The molecule has 1 amide bonds. The zero-order chi connectivity index (χ0) is 17.2. The van der Waals surface area contributed by atoms with Crippen molar-refractivity contribution in [3.8, 4) is 0 Å². The van der Waals surface area contributed by atoms with E-state index < -0.39 is 22.1 Å². The van der Waals surface area contributed by atoms with Crippen molar-refractivity contribution in [2.24, 2.45) is 5.14 Å². The monoisotopic (exact) mass is 344 g/mol. The zero-order valence-electron chi connectivity index (χ0n) is 13.1. The molecule has 0 radical (unpaired) electrons. The third kappa shape index (κ3) is 4.05. The minimum Gasteiger partial charge on any atom is -0.338 e. The number of carbonyl (C=O) groups is 1. The molecule has 2 N–H and O–H groups in total. The van der Waals surface area contributed by atoms with Crippen LogP contribution in [-0.2, 0) is 15.0 Å². The third-order valence-corrected chi connectivity index (χ3v) is 4.95. The fourth-order valence-corrected chi connectivity index (χ4v) is 3.34. The largest absolute Gasteiger partial charge is 0.338 e. The van der Waals surface area contributed by atoms with Crippen LogP contribution in [0.25, 0.3) is 0 Å². The van der Waals surface area contributed by atoms with E-state index in [1.807, 2.05) is 0 Å². The first-order chi connectivity index (χ1) is 10.7. The van der Waals surface area contributed by atoms with E-state index in [9.17, 15) is 17.6 Å². The molecular formula is C14H21FN4O3S. The fourth-order valence-electron chi connectivity index (χ4n) is 2.66. The van der Waals surface area contributed by atoms with Gasteiger partial charge in [0.2, 0.25) is 5.91 Å². The second-order valence-electron chi connectivity index (χ2n) is 5.66. The van der Waals surface area contributed by atoms with Crippen molar-refractivity contribution in [3.05, 3.63) is 35.6 Å². The standard InChI is InChI=1S/C14H21FN4O3S/c1-17(2)13(11-5-3-4-6-12(11)15)14(20)18-7-9-19(10-8-18)23(16,21)22/h3-6,13H,7-10H2,1-2H3,(H2,16,21,22)/t13-/m0/s1. The molecule has 2 rings (SSSR count). The first-order valence-electron chi connectivity index (χ1n) is 7.19. The molecule has 0 aliphatic carbocycles. The number of rotatable bonds is 4. The number of nitrogens with two attached hydrogens (primary N) is 1. The number of amides is 1. The summed E-state index contributed by atoms with van der Waals surface area (Å²) in [4.78, 5) is 16.0. The summed E-state index contributed by atoms with van der Waals surface area (Å²) in [6.07, 6.45) is 0. The van der Waals surface area contributed by atoms with Crippen molar-refractivity contribution in [1.29, 1.82) is 0 Å². The Labute approximate surface area is 135 Å². The molecule has 128 valence electrons. The molecule has 0 aromatic heterocycles. The Balaban J connectivity index is 2.16. The van der Waals surface area contributed by atoms with Crippen molar-refractivity contribution in [2.45, 2.75) is 6.04 Å². The van der Waals surface area contributed by atoms with Gasteiger partial charge < -0.3 is 4.90 Å². The molecule has 0 unspecified atom stereocenters. The summed E-state index contributed by atoms with van der Waals surface area (Å²) in [5.41, 5.74) is 0.302. The summed E-state index contributed by atoms with van der Waals surface area (Å²) in [5.74, 6) is -0.697. The van der Waals surface area contributed by atoms with E-state index in [2.05, 4.69) is 0 Å². The minimum atomic E-state index is -3.75. The molecule has 9 heteroatoms. The van der Waals surface area contributed by atoms with Gasteiger partial charge in [-0.2, -0.15) is 12.7 Å². The second-order valence-corrected chi connectivity index (χ2v) is 7.20. The molecular weight excluding hydrogens is 323 g/mol. The molecule has 23 heavy (non-hydrogen) atoms. The van der Waals surface area contributed by atoms with Gasteiger partial charge in [0.15, 0.2) is 0 Å². The zero-order valence-corrected chi connectivity index (χ0v) is 14.0. The lowest BCUT2D eigenvalue weighted by molar-refractivity contribution is -0.137. The predicted molar refractivity (Wildman–Crippen MR) is 84.1 cm³/mol. The lowest BCUT2D eigenvalue weighted by Crippen LogP contribution is -2.54. The molecule has 1 saturated heterocycles. The minimum absolute atomic E-state index is 0.141. The number of likely N-dealkylation sites (N-methyl/N-ethyl adjacent to an activating group) is 1. The smallest absolute Gasteiger partial charge is 0.277 e. The molecule has 1 atom stereocenters. The number of piperazine rings is 1. The maximum atomic E-state index is 14.0. The van der Waals surface area contributed by atoms with E-state index in [-0.39, 0.29) is 32.1 Å². The normalized spacial score (nSPS) is 18.2. The summed E-state index contributed by atoms with van der Waals surface area (Å²) in [6, 6.07) is 5.40. The second kappa shape index (κ2) is 6.91. The van der Waals surface area contributed by atoms with Crippen LogP contribution >= 0.6 is 0 Å². The van der Waals surface area contributed by atoms with Gasteiger partial charge in [0.25, 0.3) is 10.2 Å². The molecule has 1 aromatic carbocycles. The van der Waals surface area contributed by atoms with Crippen LogP contribution in [0.1, 0.15) is 11.6 Å². The van der Waals surface area contributed by atoms with Crippen molar-refractivity contribution < 1.29 is 17.6 Å². The van der Waals surface area contributed by atoms with Crippen LogP contribution in [0.15, 0.2) is 24.3 Å². The third-order valence-electron chi connectivity index (χ3n) is 3.86. The van der Waals surface area contributed by atoms with Gasteiger partial charge in [0.05, 0.1) is 0 Å². The maximum Gasteiger partial charge on any atom is 0.277 e. The van der Waals surface area contributed by atoms with Crippen LogP contribution in [0.3, 0.4) is 0 Å². The summed E-state index contributed by atoms with van der Waals surface area (Å²) in [7, 11) is -0.338. The molecule has 7 nitrogen and oxygen atoms in total. The first kappa shape index (κ1) is 17.8. The number of hydrogen-bond acceptors (Lipinski definition) is 4. The molecule has 0 spiro atoms. The van der Waals surface area contributed by atoms with E-state index in [0.717, 1.165) is 4.31 Å². The van der Waals surface area contributed by atoms with Gasteiger partial charge >= 0.3 is 0 Å². The number of nitrogens with zero attached hydrogens (tertiary/aromatic N) is 3. The Kier molecular flexibility index (Phi) is 5.35. The van der Waals surface area contributed by atoms with Gasteiger partial charge in [-0.3, -0.25) is 9.69 Å². The fraction of sp³-hybridized carbons (Fsp3) is 0.500. The average molecular weight is 344 g/mol. The molecule has 1 heterocycles. The van der Waals surface area contributed by atoms with Gasteiger partial charge in [-0.15, -0.1) is 0 Å². The van der Waals surface area contributed by atoms with Crippen LogP contribution in [0.4, 0.5) is 4.39 Å². The topological polar surface area (TPSA) is 86.9 Å². The van der Waals surface area contributed by atoms with Crippen LogP contribution in [0.2, 0.25) is 0 Å². The van der Waals surface area contributed by atoms with Crippen LogP contribution in [0, 0.1) is 5.82 Å². The Morgan fingerprint density at radius 1 is 1.22 bits per heavy atom. The lowest BCUT2D eigenvalue weighted by Gasteiger charge is -2.36. The average Bonchev–Trinajstić information content (AvgIpc) is 2.48. The number of carbonyl (C=O) groups excluding carboxylic acids is 1. The van der Waals surface area contributed by atoms with Gasteiger partial charge in [-0.25, -0.2) is 9.53 Å². The van der Waals surface area contributed by atoms with Crippen molar-refractivity contribution in [2.75, 3.05) is 40.3 Å². The predicted octanol–water partition coefficient (Wildman–Crippen LogP) is -0.224. The maximum absolute atomic E-state index is 14.0. The van der Waals surface area contributed by atoms with Crippen LogP contribution in [0.5, 0.6) is 0 Å². The lowest BCUT2D eigenvalue weighted by atomic mass is 10.0. The van der Waals surface area contributed by atoms with E-state index in [0.29, 0.717) is 5.56 Å². The number of hydrogen-bond donors (Lipinski definition) is 1.